The first kappa shape index (κ1) is 37.1. The minimum Gasteiger partial charge on any atom is -0.445 e. The highest BCUT2D eigenvalue weighted by molar-refractivity contribution is 7.09. The number of amides is 4. The first-order valence-electron chi connectivity index (χ1n) is 16.4. The Labute approximate surface area is 291 Å². The van der Waals surface area contributed by atoms with Gasteiger partial charge >= 0.3 is 12.1 Å². The molecule has 4 N–H and O–H groups in total. The standard InChI is InChI=1S/C36H46N6O6S/c1-6-31-39-27(21-49-31)19-42(5)35(45)41-33(23(2)3)34(44)40-29(32(25-13-9-7-10-14-25)26-15-11-8-12-16-26)17-30(43)24(4)38-36(46)47-20-28-18-37-22-48-28/h7-16,18,21-24,29-30,32-33,43H,6,17,19-20H2,1-5H3,(H,38,46)(H,40,44)(H,41,45)/t24-,29-,30-,33-/m0/s1. The number of aliphatic hydroxyl groups is 1. The zero-order valence-electron chi connectivity index (χ0n) is 28.5. The molecular formula is C36H46N6O6S. The van der Waals surface area contributed by atoms with E-state index in [4.69, 9.17) is 9.15 Å². The van der Waals surface area contributed by atoms with Gasteiger partial charge in [0.05, 0.1) is 35.6 Å². The van der Waals surface area contributed by atoms with Crippen molar-refractivity contribution in [3.8, 4) is 0 Å². The minimum absolute atomic E-state index is 0.0754. The normalized spacial score (nSPS) is 13.7. The molecule has 2 aromatic heterocycles. The van der Waals surface area contributed by atoms with Crippen LogP contribution in [0.5, 0.6) is 0 Å². The second kappa shape index (κ2) is 18.1. The van der Waals surface area contributed by atoms with Gasteiger partial charge in [0.2, 0.25) is 5.91 Å². The molecule has 13 heteroatoms. The van der Waals surface area contributed by atoms with Gasteiger partial charge < -0.3 is 35.1 Å². The average Bonchev–Trinajstić information content (AvgIpc) is 3.79. The average molecular weight is 691 g/mol. The van der Waals surface area contributed by atoms with Crippen molar-refractivity contribution in [2.75, 3.05) is 7.05 Å². The van der Waals surface area contributed by atoms with E-state index in [0.717, 1.165) is 28.2 Å². The van der Waals surface area contributed by atoms with Crippen LogP contribution in [0.4, 0.5) is 9.59 Å². The van der Waals surface area contributed by atoms with E-state index in [1.54, 1.807) is 25.3 Å². The number of nitrogens with one attached hydrogen (secondary N) is 3. The highest BCUT2D eigenvalue weighted by atomic mass is 32.1. The zero-order valence-corrected chi connectivity index (χ0v) is 29.4. The van der Waals surface area contributed by atoms with Crippen LogP contribution in [0.15, 0.2) is 83.1 Å². The van der Waals surface area contributed by atoms with Crippen molar-refractivity contribution in [2.24, 2.45) is 5.92 Å². The maximum Gasteiger partial charge on any atom is 0.407 e. The number of ether oxygens (including phenoxy) is 1. The molecule has 262 valence electrons. The third kappa shape index (κ3) is 10.9. The number of oxazole rings is 1. The van der Waals surface area contributed by atoms with Gasteiger partial charge in [-0.05, 0) is 36.8 Å². The Morgan fingerprint density at radius 2 is 1.63 bits per heavy atom. The fourth-order valence-electron chi connectivity index (χ4n) is 5.44. The third-order valence-corrected chi connectivity index (χ3v) is 9.21. The van der Waals surface area contributed by atoms with Gasteiger partial charge in [0, 0.05) is 24.4 Å². The zero-order chi connectivity index (χ0) is 35.3. The summed E-state index contributed by atoms with van der Waals surface area (Å²) in [6, 6.07) is 16.8. The molecule has 0 spiro atoms. The Bertz CT molecular complexity index is 1560. The number of carbonyl (C=O) groups excluding carboxylic acids is 3. The van der Waals surface area contributed by atoms with E-state index in [2.05, 4.69) is 25.9 Å². The largest absolute Gasteiger partial charge is 0.445 e. The van der Waals surface area contributed by atoms with Crippen molar-refractivity contribution in [1.82, 2.24) is 30.8 Å². The Balaban J connectivity index is 1.54. The summed E-state index contributed by atoms with van der Waals surface area (Å²) in [6.45, 7) is 7.62. The van der Waals surface area contributed by atoms with Crippen molar-refractivity contribution < 1.29 is 28.6 Å². The van der Waals surface area contributed by atoms with Crippen molar-refractivity contribution in [2.45, 2.75) is 83.8 Å². The Morgan fingerprint density at radius 1 is 0.980 bits per heavy atom. The lowest BCUT2D eigenvalue weighted by Crippen LogP contribution is -2.56. The summed E-state index contributed by atoms with van der Waals surface area (Å²) < 4.78 is 10.3. The van der Waals surface area contributed by atoms with Crippen LogP contribution in [0.3, 0.4) is 0 Å². The first-order valence-corrected chi connectivity index (χ1v) is 17.3. The van der Waals surface area contributed by atoms with E-state index in [9.17, 15) is 19.5 Å². The number of urea groups is 1. The van der Waals surface area contributed by atoms with Gasteiger partial charge in [0.25, 0.3) is 0 Å². The maximum absolute atomic E-state index is 14.1. The molecule has 0 aliphatic carbocycles. The van der Waals surface area contributed by atoms with Gasteiger partial charge in [0.1, 0.15) is 6.04 Å². The fourth-order valence-corrected chi connectivity index (χ4v) is 6.18. The van der Waals surface area contributed by atoms with E-state index in [1.807, 2.05) is 86.8 Å². The van der Waals surface area contributed by atoms with Crippen molar-refractivity contribution in [3.05, 3.63) is 106 Å². The van der Waals surface area contributed by atoms with Gasteiger partial charge in [0.15, 0.2) is 18.8 Å². The number of aliphatic hydroxyl groups excluding tert-OH is 1. The van der Waals surface area contributed by atoms with Crippen LogP contribution in [0, 0.1) is 5.92 Å². The molecule has 0 radical (unpaired) electrons. The number of alkyl carbamates (subject to hydrolysis) is 1. The summed E-state index contributed by atoms with van der Waals surface area (Å²) in [6.07, 6.45) is 1.77. The van der Waals surface area contributed by atoms with Gasteiger partial charge in [-0.1, -0.05) is 81.4 Å². The second-order valence-electron chi connectivity index (χ2n) is 12.3. The van der Waals surface area contributed by atoms with Crippen molar-refractivity contribution in [3.63, 3.8) is 0 Å². The molecule has 4 aromatic rings. The van der Waals surface area contributed by atoms with Crippen LogP contribution in [0.2, 0.25) is 0 Å². The van der Waals surface area contributed by atoms with Gasteiger partial charge in [-0.15, -0.1) is 11.3 Å². The quantitative estimate of drug-likeness (QED) is 0.124. The molecule has 49 heavy (non-hydrogen) atoms. The second-order valence-corrected chi connectivity index (χ2v) is 13.3. The lowest BCUT2D eigenvalue weighted by atomic mass is 9.81. The minimum atomic E-state index is -1.08. The number of carbonyl (C=O) groups is 3. The Kier molecular flexibility index (Phi) is 13.7. The summed E-state index contributed by atoms with van der Waals surface area (Å²) >= 11 is 1.55. The maximum atomic E-state index is 14.1. The Hall–Kier alpha value is -4.75. The molecule has 0 aliphatic heterocycles. The lowest BCUT2D eigenvalue weighted by Gasteiger charge is -2.34. The highest BCUT2D eigenvalue weighted by Crippen LogP contribution is 2.31. The third-order valence-electron chi connectivity index (χ3n) is 8.17. The molecule has 4 rings (SSSR count). The van der Waals surface area contributed by atoms with Crippen LogP contribution in [-0.4, -0.2) is 69.3 Å². The molecule has 0 saturated heterocycles. The topological polar surface area (TPSA) is 159 Å². The van der Waals surface area contributed by atoms with Crippen LogP contribution < -0.4 is 16.0 Å². The number of thiazole rings is 1. The molecule has 12 nitrogen and oxygen atoms in total. The number of hydrogen-bond acceptors (Lipinski definition) is 9. The molecule has 0 bridgehead atoms. The summed E-state index contributed by atoms with van der Waals surface area (Å²) in [7, 11) is 1.67. The van der Waals surface area contributed by atoms with Crippen LogP contribution >= 0.6 is 11.3 Å². The fraction of sp³-hybridized carbons (Fsp3) is 0.417. The number of rotatable bonds is 16. The summed E-state index contributed by atoms with van der Waals surface area (Å²) in [5.74, 6) is -0.623. The molecule has 2 heterocycles. The van der Waals surface area contributed by atoms with Crippen LogP contribution in [-0.2, 0) is 29.1 Å². The number of aryl methyl sites for hydroxylation is 1. The van der Waals surface area contributed by atoms with E-state index in [1.165, 1.54) is 17.5 Å². The molecule has 4 amide bonds. The predicted octanol–water partition coefficient (Wildman–Crippen LogP) is 5.24. The van der Waals surface area contributed by atoms with E-state index in [-0.39, 0.29) is 30.8 Å². The van der Waals surface area contributed by atoms with Gasteiger partial charge in [-0.2, -0.15) is 0 Å². The SMILES string of the molecule is CCc1nc(CN(C)C(=O)N[C@H](C(=O)N[C@@H](C[C@H](O)[C@H](C)NC(=O)OCc2cnco2)C(c2ccccc2)c2ccccc2)C(C)C)cs1. The van der Waals surface area contributed by atoms with E-state index in [0.29, 0.717) is 12.3 Å². The van der Waals surface area contributed by atoms with Crippen LogP contribution in [0.1, 0.15) is 67.6 Å². The number of aromatic nitrogens is 2. The highest BCUT2D eigenvalue weighted by Gasteiger charge is 2.34. The van der Waals surface area contributed by atoms with Crippen molar-refractivity contribution >= 4 is 29.4 Å². The number of benzene rings is 2. The molecule has 4 atom stereocenters. The number of nitrogens with zero attached hydrogens (tertiary/aromatic N) is 3. The molecular weight excluding hydrogens is 644 g/mol. The monoisotopic (exact) mass is 690 g/mol. The van der Waals surface area contributed by atoms with Crippen molar-refractivity contribution in [1.29, 1.82) is 0 Å². The smallest absolute Gasteiger partial charge is 0.407 e. The first-order chi connectivity index (χ1) is 23.5. The van der Waals surface area contributed by atoms with Crippen LogP contribution in [0.25, 0.3) is 0 Å². The van der Waals surface area contributed by atoms with E-state index >= 15 is 0 Å². The molecule has 2 aromatic carbocycles. The summed E-state index contributed by atoms with van der Waals surface area (Å²) in [5, 5.41) is 23.1. The van der Waals surface area contributed by atoms with E-state index < -0.39 is 36.4 Å². The Morgan fingerprint density at radius 3 is 2.18 bits per heavy atom. The molecule has 0 fully saturated rings. The summed E-state index contributed by atoms with van der Waals surface area (Å²) in [4.78, 5) is 49.8. The predicted molar refractivity (Wildman–Crippen MR) is 187 cm³/mol. The molecule has 0 aliphatic rings. The van der Waals surface area contributed by atoms with Gasteiger partial charge in [-0.3, -0.25) is 4.79 Å². The molecule has 0 unspecified atom stereocenters. The lowest BCUT2D eigenvalue weighted by molar-refractivity contribution is -0.125. The number of hydrogen-bond donors (Lipinski definition) is 4. The molecule has 0 saturated carbocycles. The summed E-state index contributed by atoms with van der Waals surface area (Å²) in [5.41, 5.74) is 2.65. The van der Waals surface area contributed by atoms with Gasteiger partial charge in [-0.25, -0.2) is 19.6 Å².